The van der Waals surface area contributed by atoms with E-state index in [1.54, 1.807) is 0 Å². The number of carbonyl (C=O) groups excluding carboxylic acids is 1. The summed E-state index contributed by atoms with van der Waals surface area (Å²) in [5.74, 6) is 2.35. The van der Waals surface area contributed by atoms with Crippen LogP contribution in [0, 0.1) is 6.92 Å². The molecule has 1 aliphatic heterocycles. The monoisotopic (exact) mass is 370 g/mol. The quantitative estimate of drug-likeness (QED) is 0.688. The number of aryl methyl sites for hydroxylation is 1. The minimum atomic E-state index is -0.00886. The predicted octanol–water partition coefficient (Wildman–Crippen LogP) is 2.74. The van der Waals surface area contributed by atoms with Gasteiger partial charge in [-0.15, -0.1) is 0 Å². The highest BCUT2D eigenvalue weighted by Crippen LogP contribution is 2.32. The van der Waals surface area contributed by atoms with E-state index in [2.05, 4.69) is 10.2 Å². The average Bonchev–Trinajstić information content (AvgIpc) is 3.12. The van der Waals surface area contributed by atoms with Crippen molar-refractivity contribution in [3.05, 3.63) is 53.6 Å². The number of nitrogens with zero attached hydrogens (tertiary/aromatic N) is 1. The molecule has 0 atom stereocenters. The fourth-order valence-corrected chi connectivity index (χ4v) is 2.90. The number of nitrogens with one attached hydrogen (secondary N) is 1. The van der Waals surface area contributed by atoms with Gasteiger partial charge in [-0.25, -0.2) is 0 Å². The van der Waals surface area contributed by atoms with E-state index in [-0.39, 0.29) is 12.7 Å². The van der Waals surface area contributed by atoms with Gasteiger partial charge < -0.3 is 19.5 Å². The Labute approximate surface area is 160 Å². The van der Waals surface area contributed by atoms with Gasteiger partial charge in [0.25, 0.3) is 0 Å². The van der Waals surface area contributed by atoms with Crippen LogP contribution in [0.15, 0.2) is 42.5 Å². The number of ether oxygens (including phenoxy) is 3. The lowest BCUT2D eigenvalue weighted by Gasteiger charge is -2.20. The summed E-state index contributed by atoms with van der Waals surface area (Å²) in [6.45, 7) is 7.06. The molecule has 6 heteroatoms. The third kappa shape index (κ3) is 5.62. The van der Waals surface area contributed by atoms with Crippen LogP contribution in [0.25, 0.3) is 0 Å². The summed E-state index contributed by atoms with van der Waals surface area (Å²) in [6.07, 6.45) is 0. The Morgan fingerprint density at radius 1 is 1.19 bits per heavy atom. The van der Waals surface area contributed by atoms with Gasteiger partial charge in [0, 0.05) is 6.54 Å². The Balaban J connectivity index is 1.40. The third-order valence-electron chi connectivity index (χ3n) is 4.34. The lowest BCUT2D eigenvalue weighted by Crippen LogP contribution is -2.38. The molecule has 27 heavy (non-hydrogen) atoms. The van der Waals surface area contributed by atoms with E-state index in [1.165, 1.54) is 0 Å². The minimum Gasteiger partial charge on any atom is -0.492 e. The molecule has 0 radical (unpaired) electrons. The van der Waals surface area contributed by atoms with Crippen molar-refractivity contribution >= 4 is 5.91 Å². The number of rotatable bonds is 9. The Morgan fingerprint density at radius 2 is 2.04 bits per heavy atom. The van der Waals surface area contributed by atoms with Crippen molar-refractivity contribution in [2.75, 3.05) is 33.0 Å². The Hall–Kier alpha value is -2.73. The van der Waals surface area contributed by atoms with Crippen molar-refractivity contribution in [1.29, 1.82) is 0 Å². The molecule has 0 unspecified atom stereocenters. The van der Waals surface area contributed by atoms with Gasteiger partial charge in [-0.3, -0.25) is 9.69 Å². The molecule has 6 nitrogen and oxygen atoms in total. The van der Waals surface area contributed by atoms with E-state index in [4.69, 9.17) is 14.2 Å². The zero-order valence-corrected chi connectivity index (χ0v) is 15.9. The van der Waals surface area contributed by atoms with Crippen LogP contribution in [-0.2, 0) is 11.3 Å². The summed E-state index contributed by atoms with van der Waals surface area (Å²) in [5.41, 5.74) is 2.25. The molecular formula is C21H26N2O4. The van der Waals surface area contributed by atoms with Crippen molar-refractivity contribution in [3.8, 4) is 17.2 Å². The summed E-state index contributed by atoms with van der Waals surface area (Å²) in [7, 11) is 0. The van der Waals surface area contributed by atoms with E-state index in [0.29, 0.717) is 26.2 Å². The number of benzene rings is 2. The average molecular weight is 370 g/mol. The van der Waals surface area contributed by atoms with Gasteiger partial charge in [0.15, 0.2) is 11.5 Å². The molecule has 1 aliphatic rings. The molecule has 0 aromatic heterocycles. The SMILES string of the molecule is CCN(CC(=O)NCCOc1cccc(C)c1)Cc1ccc2c(c1)OCO2. The van der Waals surface area contributed by atoms with Crippen LogP contribution in [0.2, 0.25) is 0 Å². The van der Waals surface area contributed by atoms with Crippen molar-refractivity contribution in [2.45, 2.75) is 20.4 Å². The number of fused-ring (bicyclic) bond motifs is 1. The van der Waals surface area contributed by atoms with Gasteiger partial charge >= 0.3 is 0 Å². The first-order valence-electron chi connectivity index (χ1n) is 9.21. The molecule has 0 aliphatic carbocycles. The van der Waals surface area contributed by atoms with Crippen molar-refractivity contribution in [3.63, 3.8) is 0 Å². The topological polar surface area (TPSA) is 60.0 Å². The molecule has 0 fully saturated rings. The van der Waals surface area contributed by atoms with Crippen LogP contribution in [0.3, 0.4) is 0 Å². The van der Waals surface area contributed by atoms with Crippen LogP contribution in [0.1, 0.15) is 18.1 Å². The molecule has 144 valence electrons. The van der Waals surface area contributed by atoms with E-state index >= 15 is 0 Å². The van der Waals surface area contributed by atoms with Crippen molar-refractivity contribution in [2.24, 2.45) is 0 Å². The highest BCUT2D eigenvalue weighted by atomic mass is 16.7. The van der Waals surface area contributed by atoms with E-state index in [0.717, 1.165) is 34.9 Å². The first kappa shape index (κ1) is 19.0. The molecule has 0 bridgehead atoms. The second kappa shape index (κ2) is 9.28. The molecule has 2 aromatic carbocycles. The highest BCUT2D eigenvalue weighted by molar-refractivity contribution is 5.78. The normalized spacial score (nSPS) is 12.3. The third-order valence-corrected chi connectivity index (χ3v) is 4.34. The second-order valence-corrected chi connectivity index (χ2v) is 6.51. The minimum absolute atomic E-state index is 0.00886. The summed E-state index contributed by atoms with van der Waals surface area (Å²) in [4.78, 5) is 14.3. The maximum absolute atomic E-state index is 12.2. The summed E-state index contributed by atoms with van der Waals surface area (Å²) in [5, 5.41) is 2.91. The molecule has 2 aromatic rings. The van der Waals surface area contributed by atoms with Crippen LogP contribution < -0.4 is 19.5 Å². The van der Waals surface area contributed by atoms with Crippen LogP contribution in [0.4, 0.5) is 0 Å². The fourth-order valence-electron chi connectivity index (χ4n) is 2.90. The van der Waals surface area contributed by atoms with Crippen LogP contribution in [-0.4, -0.2) is 43.8 Å². The number of likely N-dealkylation sites (N-methyl/N-ethyl adjacent to an activating group) is 1. The lowest BCUT2D eigenvalue weighted by atomic mass is 10.2. The van der Waals surface area contributed by atoms with Gasteiger partial charge in [0.1, 0.15) is 12.4 Å². The van der Waals surface area contributed by atoms with E-state index in [9.17, 15) is 4.79 Å². The molecule has 0 saturated heterocycles. The Kier molecular flexibility index (Phi) is 6.54. The van der Waals surface area contributed by atoms with E-state index < -0.39 is 0 Å². The number of hydrogen-bond acceptors (Lipinski definition) is 5. The standard InChI is InChI=1S/C21H26N2O4/c1-3-23(13-17-7-8-19-20(12-17)27-15-26-19)14-21(24)22-9-10-25-18-6-4-5-16(2)11-18/h4-8,11-12H,3,9-10,13-15H2,1-2H3,(H,22,24). The summed E-state index contributed by atoms with van der Waals surface area (Å²) >= 11 is 0. The molecule has 1 heterocycles. The molecule has 0 spiro atoms. The maximum Gasteiger partial charge on any atom is 0.234 e. The number of amides is 1. The molecule has 1 N–H and O–H groups in total. The smallest absolute Gasteiger partial charge is 0.234 e. The maximum atomic E-state index is 12.2. The predicted molar refractivity (Wildman–Crippen MR) is 103 cm³/mol. The lowest BCUT2D eigenvalue weighted by molar-refractivity contribution is -0.122. The number of hydrogen-bond donors (Lipinski definition) is 1. The Bertz CT molecular complexity index is 779. The zero-order chi connectivity index (χ0) is 19.1. The molecule has 0 saturated carbocycles. The largest absolute Gasteiger partial charge is 0.492 e. The fraction of sp³-hybridized carbons (Fsp3) is 0.381. The van der Waals surface area contributed by atoms with Gasteiger partial charge in [-0.05, 0) is 48.9 Å². The first-order chi connectivity index (χ1) is 13.1. The van der Waals surface area contributed by atoms with Crippen LogP contribution >= 0.6 is 0 Å². The second-order valence-electron chi connectivity index (χ2n) is 6.51. The van der Waals surface area contributed by atoms with Crippen LogP contribution in [0.5, 0.6) is 17.2 Å². The van der Waals surface area contributed by atoms with E-state index in [1.807, 2.05) is 56.3 Å². The molecular weight excluding hydrogens is 344 g/mol. The van der Waals surface area contributed by atoms with Gasteiger partial charge in [-0.2, -0.15) is 0 Å². The van der Waals surface area contributed by atoms with Gasteiger partial charge in [-0.1, -0.05) is 25.1 Å². The van der Waals surface area contributed by atoms with Crippen molar-refractivity contribution in [1.82, 2.24) is 10.2 Å². The molecule has 3 rings (SSSR count). The van der Waals surface area contributed by atoms with Gasteiger partial charge in [0.2, 0.25) is 12.7 Å². The Morgan fingerprint density at radius 3 is 2.85 bits per heavy atom. The summed E-state index contributed by atoms with van der Waals surface area (Å²) in [6, 6.07) is 13.8. The van der Waals surface area contributed by atoms with Crippen molar-refractivity contribution < 1.29 is 19.0 Å². The highest BCUT2D eigenvalue weighted by Gasteiger charge is 2.15. The number of carbonyl (C=O) groups is 1. The zero-order valence-electron chi connectivity index (χ0n) is 15.9. The molecule has 1 amide bonds. The van der Waals surface area contributed by atoms with Gasteiger partial charge in [0.05, 0.1) is 13.1 Å². The summed E-state index contributed by atoms with van der Waals surface area (Å²) < 4.78 is 16.4. The first-order valence-corrected chi connectivity index (χ1v) is 9.21.